The van der Waals surface area contributed by atoms with Gasteiger partial charge in [0, 0.05) is 6.07 Å². The summed E-state index contributed by atoms with van der Waals surface area (Å²) in [7, 11) is 3.78. The first-order chi connectivity index (χ1) is 8.04. The van der Waals surface area contributed by atoms with Crippen molar-refractivity contribution in [2.45, 2.75) is 0 Å². The molecule has 0 aromatic heterocycles. The molecule has 1 aromatic rings. The molecule has 7 heteroatoms. The molecule has 0 saturated carbocycles. The number of hydrogen-bond acceptors (Lipinski definition) is 6. The normalized spacial score (nSPS) is 9.59. The number of nitro benzene ring substituents is 1. The Hall–Kier alpha value is -2.31. The second-order valence-corrected chi connectivity index (χ2v) is 2.97. The van der Waals surface area contributed by atoms with Gasteiger partial charge in [0.05, 0.1) is 32.3 Å². The van der Waals surface area contributed by atoms with E-state index in [-0.39, 0.29) is 22.7 Å². The summed E-state index contributed by atoms with van der Waals surface area (Å²) in [5, 5.41) is 10.8. The van der Waals surface area contributed by atoms with Crippen LogP contribution in [-0.4, -0.2) is 32.2 Å². The number of nitrogens with zero attached hydrogens (tertiary/aromatic N) is 1. The zero-order valence-electron chi connectivity index (χ0n) is 9.55. The molecular weight excluding hydrogens is 230 g/mol. The van der Waals surface area contributed by atoms with E-state index in [4.69, 9.17) is 9.47 Å². The van der Waals surface area contributed by atoms with Gasteiger partial charge in [0.2, 0.25) is 0 Å². The lowest BCUT2D eigenvalue weighted by Crippen LogP contribution is -2.06. The Bertz CT molecular complexity index is 456. The summed E-state index contributed by atoms with van der Waals surface area (Å²) in [5.74, 6) is -0.629. The molecule has 17 heavy (non-hydrogen) atoms. The Morgan fingerprint density at radius 2 is 1.76 bits per heavy atom. The summed E-state index contributed by atoms with van der Waals surface area (Å²) < 4.78 is 14.3. The average Bonchev–Trinajstić information content (AvgIpc) is 2.35. The molecule has 1 aromatic carbocycles. The van der Waals surface area contributed by atoms with E-state index in [2.05, 4.69) is 4.74 Å². The third-order valence-electron chi connectivity index (χ3n) is 2.10. The van der Waals surface area contributed by atoms with Gasteiger partial charge in [0.25, 0.3) is 0 Å². The first kappa shape index (κ1) is 12.8. The second-order valence-electron chi connectivity index (χ2n) is 2.97. The highest BCUT2D eigenvalue weighted by Gasteiger charge is 2.23. The molecule has 0 fully saturated rings. The summed E-state index contributed by atoms with van der Waals surface area (Å²) in [5.41, 5.74) is -0.213. The van der Waals surface area contributed by atoms with E-state index in [1.165, 1.54) is 27.4 Å². The van der Waals surface area contributed by atoms with Gasteiger partial charge in [0.15, 0.2) is 5.75 Å². The van der Waals surface area contributed by atoms with E-state index in [1.54, 1.807) is 0 Å². The van der Waals surface area contributed by atoms with E-state index in [1.807, 2.05) is 0 Å². The fourth-order valence-electron chi connectivity index (χ4n) is 1.29. The number of carbonyl (C=O) groups excluding carboxylic acids is 1. The van der Waals surface area contributed by atoms with Crippen LogP contribution in [0, 0.1) is 10.1 Å². The number of hydrogen-bond donors (Lipinski definition) is 0. The van der Waals surface area contributed by atoms with Crippen LogP contribution in [0.3, 0.4) is 0 Å². The van der Waals surface area contributed by atoms with Crippen molar-refractivity contribution in [3.63, 3.8) is 0 Å². The summed E-state index contributed by atoms with van der Waals surface area (Å²) in [6.07, 6.45) is 0. The molecule has 0 saturated heterocycles. The Labute approximate surface area is 97.0 Å². The minimum atomic E-state index is -0.657. The van der Waals surface area contributed by atoms with Gasteiger partial charge >= 0.3 is 11.7 Å². The lowest BCUT2D eigenvalue weighted by Gasteiger charge is -2.09. The van der Waals surface area contributed by atoms with Gasteiger partial charge in [-0.3, -0.25) is 10.1 Å². The Balaban J connectivity index is 3.43. The van der Waals surface area contributed by atoms with Crippen LogP contribution >= 0.6 is 0 Å². The summed E-state index contributed by atoms with van der Waals surface area (Å²) in [6, 6.07) is 2.33. The average molecular weight is 241 g/mol. The Kier molecular flexibility index (Phi) is 3.86. The highest BCUT2D eigenvalue weighted by Crippen LogP contribution is 2.34. The number of benzene rings is 1. The van der Waals surface area contributed by atoms with Gasteiger partial charge in [-0.2, -0.15) is 0 Å². The molecule has 0 unspecified atom stereocenters. The van der Waals surface area contributed by atoms with Crippen LogP contribution in [0.4, 0.5) is 5.69 Å². The quantitative estimate of drug-likeness (QED) is 0.449. The number of nitro groups is 1. The molecule has 0 atom stereocenters. The van der Waals surface area contributed by atoms with Crippen LogP contribution in [-0.2, 0) is 4.74 Å². The lowest BCUT2D eigenvalue weighted by molar-refractivity contribution is -0.385. The summed E-state index contributed by atoms with van der Waals surface area (Å²) in [6.45, 7) is 0. The van der Waals surface area contributed by atoms with Crippen LogP contribution in [0.2, 0.25) is 0 Å². The maximum absolute atomic E-state index is 11.4. The first-order valence-electron chi connectivity index (χ1n) is 4.53. The molecule has 92 valence electrons. The molecule has 0 aliphatic carbocycles. The molecule has 1 rings (SSSR count). The van der Waals surface area contributed by atoms with Crippen molar-refractivity contribution in [3.8, 4) is 11.5 Å². The number of methoxy groups -OCH3 is 3. The number of ether oxygens (including phenoxy) is 3. The van der Waals surface area contributed by atoms with Gasteiger partial charge in [-0.25, -0.2) is 4.79 Å². The van der Waals surface area contributed by atoms with E-state index in [9.17, 15) is 14.9 Å². The lowest BCUT2D eigenvalue weighted by atomic mass is 10.1. The fourth-order valence-corrected chi connectivity index (χ4v) is 1.29. The zero-order valence-corrected chi connectivity index (χ0v) is 9.55. The summed E-state index contributed by atoms with van der Waals surface area (Å²) >= 11 is 0. The van der Waals surface area contributed by atoms with Crippen molar-refractivity contribution in [3.05, 3.63) is 27.8 Å². The topological polar surface area (TPSA) is 87.9 Å². The van der Waals surface area contributed by atoms with Crippen LogP contribution in [0.5, 0.6) is 11.5 Å². The highest BCUT2D eigenvalue weighted by atomic mass is 16.6. The second kappa shape index (κ2) is 5.15. The van der Waals surface area contributed by atoms with Gasteiger partial charge in [0.1, 0.15) is 11.3 Å². The predicted octanol–water partition coefficient (Wildman–Crippen LogP) is 1.40. The first-order valence-corrected chi connectivity index (χ1v) is 4.53. The van der Waals surface area contributed by atoms with Crippen LogP contribution < -0.4 is 9.47 Å². The third-order valence-corrected chi connectivity index (χ3v) is 2.10. The van der Waals surface area contributed by atoms with E-state index in [0.29, 0.717) is 0 Å². The maximum Gasteiger partial charge on any atom is 0.341 e. The van der Waals surface area contributed by atoms with Crippen LogP contribution in [0.1, 0.15) is 10.4 Å². The monoisotopic (exact) mass is 241 g/mol. The molecule has 0 N–H and O–H groups in total. The van der Waals surface area contributed by atoms with Crippen LogP contribution in [0.15, 0.2) is 12.1 Å². The van der Waals surface area contributed by atoms with Gasteiger partial charge in [-0.1, -0.05) is 0 Å². The number of rotatable bonds is 4. The largest absolute Gasteiger partial charge is 0.496 e. The minimum Gasteiger partial charge on any atom is -0.496 e. The van der Waals surface area contributed by atoms with Gasteiger partial charge in [-0.15, -0.1) is 0 Å². The van der Waals surface area contributed by atoms with E-state index in [0.717, 1.165) is 6.07 Å². The molecule has 7 nitrogen and oxygen atoms in total. The third kappa shape index (κ3) is 2.44. The minimum absolute atomic E-state index is 0.0313. The smallest absolute Gasteiger partial charge is 0.341 e. The molecule has 0 bridgehead atoms. The van der Waals surface area contributed by atoms with Crippen molar-refractivity contribution >= 4 is 11.7 Å². The van der Waals surface area contributed by atoms with Gasteiger partial charge in [-0.05, 0) is 0 Å². The Morgan fingerprint density at radius 1 is 1.18 bits per heavy atom. The molecule has 0 aliphatic heterocycles. The molecule has 0 amide bonds. The fraction of sp³-hybridized carbons (Fsp3) is 0.300. The maximum atomic E-state index is 11.4. The van der Waals surface area contributed by atoms with Crippen LogP contribution in [0.25, 0.3) is 0 Å². The Morgan fingerprint density at radius 3 is 2.18 bits per heavy atom. The number of carbonyl (C=O) groups is 1. The highest BCUT2D eigenvalue weighted by molar-refractivity contribution is 5.93. The molecule has 0 heterocycles. The molecule has 0 aliphatic rings. The van der Waals surface area contributed by atoms with E-state index >= 15 is 0 Å². The van der Waals surface area contributed by atoms with Crippen molar-refractivity contribution in [2.75, 3.05) is 21.3 Å². The molecule has 0 spiro atoms. The predicted molar refractivity (Wildman–Crippen MR) is 57.5 cm³/mol. The molecule has 0 radical (unpaired) electrons. The van der Waals surface area contributed by atoms with Gasteiger partial charge < -0.3 is 14.2 Å². The number of esters is 1. The SMILES string of the molecule is COC(=O)c1cc(OC)c([N+](=O)[O-])cc1OC. The van der Waals surface area contributed by atoms with Crippen molar-refractivity contribution in [1.29, 1.82) is 0 Å². The van der Waals surface area contributed by atoms with E-state index < -0.39 is 10.9 Å². The van der Waals surface area contributed by atoms with Crippen molar-refractivity contribution in [1.82, 2.24) is 0 Å². The standard InChI is InChI=1S/C10H11NO6/c1-15-8-5-7(11(13)14)9(16-2)4-6(8)10(12)17-3/h4-5H,1-3H3. The summed E-state index contributed by atoms with van der Waals surface area (Å²) in [4.78, 5) is 21.5. The zero-order chi connectivity index (χ0) is 13.0. The molecular formula is C10H11NO6. The van der Waals surface area contributed by atoms with Crippen molar-refractivity contribution in [2.24, 2.45) is 0 Å². The van der Waals surface area contributed by atoms with Crippen molar-refractivity contribution < 1.29 is 23.9 Å².